The lowest BCUT2D eigenvalue weighted by Crippen LogP contribution is -2.63. The molecule has 9 heteroatoms. The highest BCUT2D eigenvalue weighted by atomic mass is 19.4. The van der Waals surface area contributed by atoms with Crippen molar-refractivity contribution < 1.29 is 37.5 Å². The average Bonchev–Trinajstić information content (AvgIpc) is 2.87. The first-order chi connectivity index (χ1) is 14.1. The smallest absolute Gasteiger partial charge is 0.430 e. The normalized spacial score (nSPS) is 20.6. The van der Waals surface area contributed by atoms with Crippen molar-refractivity contribution in [2.24, 2.45) is 5.92 Å². The van der Waals surface area contributed by atoms with E-state index in [1.165, 1.54) is 5.56 Å². The number of fused-ring (bicyclic) bond motifs is 4. The Morgan fingerprint density at radius 1 is 1.32 bits per heavy atom. The largest absolute Gasteiger partial charge is 0.542 e. The zero-order chi connectivity index (χ0) is 22.1. The number of nitrogens with zero attached hydrogens (tertiary/aromatic N) is 1. The Balaban J connectivity index is 0.000000373. The Hall–Kier alpha value is -2.81. The van der Waals surface area contributed by atoms with Crippen molar-refractivity contribution in [3.8, 4) is 5.75 Å². The molecule has 2 aliphatic rings. The van der Waals surface area contributed by atoms with Crippen molar-refractivity contribution in [3.63, 3.8) is 0 Å². The summed E-state index contributed by atoms with van der Waals surface area (Å²) < 4.78 is 39.8. The summed E-state index contributed by atoms with van der Waals surface area (Å²) in [5, 5.41) is 21.9. The van der Waals surface area contributed by atoms with Crippen LogP contribution < -0.4 is 19.7 Å². The summed E-state index contributed by atoms with van der Waals surface area (Å²) in [6, 6.07) is 12.6. The zero-order valence-electron chi connectivity index (χ0n) is 16.6. The fraction of sp³-hybridized carbons (Fsp3) is 0.455. The molecule has 2 aromatic rings. The molecule has 170 valence electrons. The Kier molecular flexibility index (Phi) is 7.21. The molecule has 2 aliphatic heterocycles. The number of aliphatic hydroxyl groups is 1. The lowest BCUT2D eigenvalue weighted by molar-refractivity contribution is -0.759. The van der Waals surface area contributed by atoms with Gasteiger partial charge in [-0.2, -0.15) is 13.2 Å². The Labute approximate surface area is 179 Å². The highest BCUT2D eigenvalue weighted by molar-refractivity contribution is 5.70. The molecule has 0 saturated carbocycles. The van der Waals surface area contributed by atoms with Crippen LogP contribution in [0.1, 0.15) is 44.9 Å². The molecule has 0 saturated heterocycles. The van der Waals surface area contributed by atoms with Crippen molar-refractivity contribution in [2.75, 3.05) is 11.9 Å². The van der Waals surface area contributed by atoms with E-state index in [-0.39, 0.29) is 25.6 Å². The number of ether oxygens (including phenoxy) is 1. The van der Waals surface area contributed by atoms with Crippen molar-refractivity contribution >= 4 is 11.8 Å². The Bertz CT molecular complexity index is 931. The number of halogens is 3. The van der Waals surface area contributed by atoms with Crippen LogP contribution in [0.5, 0.6) is 5.75 Å². The molecule has 0 bridgehead atoms. The van der Waals surface area contributed by atoms with E-state index >= 15 is 0 Å². The maximum Gasteiger partial charge on any atom is 0.430 e. The summed E-state index contributed by atoms with van der Waals surface area (Å²) in [4.78, 5) is 8.78. The van der Waals surface area contributed by atoms with E-state index in [1.807, 2.05) is 18.2 Å². The zero-order valence-corrected chi connectivity index (χ0v) is 16.6. The first-order valence-corrected chi connectivity index (χ1v) is 9.48. The second kappa shape index (κ2) is 9.13. The number of anilines is 1. The van der Waals surface area contributed by atoms with Crippen molar-refractivity contribution in [3.05, 3.63) is 53.7 Å². The summed E-state index contributed by atoms with van der Waals surface area (Å²) in [6.07, 6.45) is -2.10. The molecule has 0 radical (unpaired) electrons. The molecule has 1 aromatic carbocycles. The fourth-order valence-electron chi connectivity index (χ4n) is 4.08. The third kappa shape index (κ3) is 4.92. The number of aromatic nitrogens is 1. The van der Waals surface area contributed by atoms with Gasteiger partial charge in [-0.15, -0.1) is 0 Å². The molecule has 1 aromatic heterocycles. The first-order valence-electron chi connectivity index (χ1n) is 9.48. The Morgan fingerprint density at radius 2 is 1.97 bits per heavy atom. The van der Waals surface area contributed by atoms with Crippen LogP contribution in [0, 0.1) is 5.92 Å². The molecule has 0 amide bonds. The number of alkyl halides is 3. The third-order valence-corrected chi connectivity index (χ3v) is 5.61. The minimum absolute atomic E-state index is 0. The number of carbonyl (C=O) groups excluding carboxylic acids is 1. The van der Waals surface area contributed by atoms with Gasteiger partial charge in [-0.05, 0) is 38.0 Å². The summed E-state index contributed by atoms with van der Waals surface area (Å²) in [5.74, 6) is -0.536. The van der Waals surface area contributed by atoms with Crippen LogP contribution >= 0.6 is 0 Å². The van der Waals surface area contributed by atoms with Gasteiger partial charge in [0.25, 0.3) is 5.82 Å². The van der Waals surface area contributed by atoms with Gasteiger partial charge in [-0.1, -0.05) is 25.6 Å². The Morgan fingerprint density at radius 3 is 2.58 bits per heavy atom. The van der Waals surface area contributed by atoms with Crippen LogP contribution in [0.4, 0.5) is 19.0 Å². The van der Waals surface area contributed by atoms with E-state index in [0.29, 0.717) is 5.92 Å². The molecule has 2 atom stereocenters. The monoisotopic (exact) mass is 440 g/mol. The first kappa shape index (κ1) is 24.5. The molecule has 0 unspecified atom stereocenters. The molecule has 31 heavy (non-hydrogen) atoms. The molecule has 0 aliphatic carbocycles. The average molecular weight is 440 g/mol. The lowest BCUT2D eigenvalue weighted by Gasteiger charge is -2.40. The summed E-state index contributed by atoms with van der Waals surface area (Å²) in [5.41, 5.74) is 2.12. The molecular formula is C22H27F3N2O4. The van der Waals surface area contributed by atoms with E-state index < -0.39 is 12.1 Å². The predicted octanol–water partition coefficient (Wildman–Crippen LogP) is 2.70. The number of aliphatic carboxylic acids is 1. The van der Waals surface area contributed by atoms with Crippen LogP contribution in [-0.2, 0) is 16.9 Å². The van der Waals surface area contributed by atoms with Crippen molar-refractivity contribution in [1.29, 1.82) is 0 Å². The quantitative estimate of drug-likeness (QED) is 0.666. The van der Waals surface area contributed by atoms with E-state index in [4.69, 9.17) is 14.6 Å². The minimum Gasteiger partial charge on any atom is -0.542 e. The van der Waals surface area contributed by atoms with Gasteiger partial charge in [0.05, 0.1) is 19.4 Å². The molecule has 3 heterocycles. The number of carboxylic acids is 1. The van der Waals surface area contributed by atoms with Crippen LogP contribution in [0.3, 0.4) is 0 Å². The van der Waals surface area contributed by atoms with Gasteiger partial charge in [0.15, 0.2) is 0 Å². The van der Waals surface area contributed by atoms with Crippen LogP contribution in [0.15, 0.2) is 42.6 Å². The molecule has 0 spiro atoms. The number of carbonyl (C=O) groups is 1. The van der Waals surface area contributed by atoms with Crippen molar-refractivity contribution in [1.82, 2.24) is 0 Å². The molecule has 4 rings (SSSR count). The fourth-order valence-corrected chi connectivity index (χ4v) is 4.08. The number of rotatable bonds is 1. The molecule has 2 N–H and O–H groups in total. The van der Waals surface area contributed by atoms with E-state index in [0.717, 1.165) is 30.2 Å². The highest BCUT2D eigenvalue weighted by Gasteiger charge is 2.49. The summed E-state index contributed by atoms with van der Waals surface area (Å²) in [7, 11) is 0. The van der Waals surface area contributed by atoms with Gasteiger partial charge in [-0.3, -0.25) is 5.32 Å². The van der Waals surface area contributed by atoms with Gasteiger partial charge in [0.1, 0.15) is 23.3 Å². The topological polar surface area (TPSA) is 85.5 Å². The van der Waals surface area contributed by atoms with Crippen LogP contribution in [0.2, 0.25) is 0 Å². The van der Waals surface area contributed by atoms with E-state index in [2.05, 4.69) is 48.1 Å². The summed E-state index contributed by atoms with van der Waals surface area (Å²) >= 11 is 0. The van der Waals surface area contributed by atoms with Crippen molar-refractivity contribution in [2.45, 2.75) is 52.1 Å². The van der Waals surface area contributed by atoms with Gasteiger partial charge >= 0.3 is 6.18 Å². The third-order valence-electron chi connectivity index (χ3n) is 5.61. The number of hydrogen-bond donors (Lipinski definition) is 2. The SMILES string of the molecule is C.CC1(C)[C@H]2CCOc3ccccc3[C@H]2Nc2cc(CO)cc[n+]21.O=C([O-])C(F)(F)F. The number of carboxylic acid groups (broad SMARTS) is 1. The minimum atomic E-state index is -5.19. The maximum absolute atomic E-state index is 10.5. The molecular weight excluding hydrogens is 413 g/mol. The number of pyridine rings is 1. The highest BCUT2D eigenvalue weighted by Crippen LogP contribution is 2.45. The second-order valence-corrected chi connectivity index (χ2v) is 7.79. The second-order valence-electron chi connectivity index (χ2n) is 7.79. The van der Waals surface area contributed by atoms with Gasteiger partial charge in [-0.25, -0.2) is 4.57 Å². The molecule has 0 fully saturated rings. The van der Waals surface area contributed by atoms with Gasteiger partial charge < -0.3 is 19.7 Å². The number of nitrogens with one attached hydrogen (secondary N) is 1. The predicted molar refractivity (Wildman–Crippen MR) is 106 cm³/mol. The van der Waals surface area contributed by atoms with E-state index in [1.54, 1.807) is 0 Å². The number of aliphatic hydroxyl groups excluding tert-OH is 1. The van der Waals surface area contributed by atoms with Gasteiger partial charge in [0, 0.05) is 17.5 Å². The lowest BCUT2D eigenvalue weighted by atomic mass is 9.75. The van der Waals surface area contributed by atoms with Crippen LogP contribution in [-0.4, -0.2) is 23.9 Å². The van der Waals surface area contributed by atoms with Gasteiger partial charge in [0.2, 0.25) is 0 Å². The number of benzene rings is 1. The number of hydrogen-bond acceptors (Lipinski definition) is 5. The maximum atomic E-state index is 10.5. The van der Waals surface area contributed by atoms with E-state index in [9.17, 15) is 18.3 Å². The summed E-state index contributed by atoms with van der Waals surface area (Å²) in [6.45, 7) is 5.39. The van der Waals surface area contributed by atoms with Crippen LogP contribution in [0.25, 0.3) is 0 Å². The number of para-hydroxylation sites is 1. The molecule has 6 nitrogen and oxygen atoms in total. The standard InChI is InChI=1S/C19H22N2O2.C2HF3O2.CH4/c1-19(2)15-8-10-23-16-6-4-3-5-14(16)18(15)20-17-11-13(12-22)7-9-21(17)19;3-2(4,5)1(6)7;/h3-7,9,11,15,18,22H,8,10,12H2,1-2H3;(H,6,7);1H4/t15-,18+;;/m0../s1.